The van der Waals surface area contributed by atoms with Crippen molar-refractivity contribution in [2.24, 2.45) is 0 Å². The number of halogens is 1. The third-order valence-corrected chi connectivity index (χ3v) is 4.27. The molecule has 0 saturated carbocycles. The average Bonchev–Trinajstić information content (AvgIpc) is 2.57. The summed E-state index contributed by atoms with van der Waals surface area (Å²) in [6, 6.07) is 7.22. The van der Waals surface area contributed by atoms with Gasteiger partial charge in [-0.1, -0.05) is 0 Å². The lowest BCUT2D eigenvalue weighted by atomic mass is 10.1. The average molecular weight is 470 g/mol. The van der Waals surface area contributed by atoms with Gasteiger partial charge in [0.2, 0.25) is 0 Å². The largest absolute Gasteiger partial charge is 0.507 e. The zero-order chi connectivity index (χ0) is 19.4. The molecule has 1 amide bonds. The highest BCUT2D eigenvalue weighted by Gasteiger charge is 2.19. The predicted molar refractivity (Wildman–Crippen MR) is 102 cm³/mol. The molecule has 0 bridgehead atoms. The Morgan fingerprint density at radius 2 is 1.88 bits per heavy atom. The fourth-order valence-corrected chi connectivity index (χ4v) is 2.61. The number of hydrogen-bond donors (Lipinski definition) is 2. The summed E-state index contributed by atoms with van der Waals surface area (Å²) in [6.45, 7) is 2.84. The molecule has 2 N–H and O–H groups in total. The van der Waals surface area contributed by atoms with E-state index in [1.165, 1.54) is 24.3 Å². The molecular weight excluding hydrogens is 455 g/mol. The van der Waals surface area contributed by atoms with Gasteiger partial charge in [-0.05, 0) is 71.8 Å². The molecule has 2 rings (SSSR count). The fourth-order valence-electron chi connectivity index (χ4n) is 2.12. The first-order valence-corrected chi connectivity index (χ1v) is 8.48. The molecule has 0 aliphatic carbocycles. The van der Waals surface area contributed by atoms with Crippen LogP contribution in [0.1, 0.15) is 21.5 Å². The van der Waals surface area contributed by atoms with Gasteiger partial charge in [-0.25, -0.2) is 4.79 Å². The molecule has 0 aromatic heterocycles. The number of nitrogens with one attached hydrogen (secondary N) is 1. The minimum Gasteiger partial charge on any atom is -0.507 e. The molecule has 26 heavy (non-hydrogen) atoms. The Kier molecular flexibility index (Phi) is 6.14. The Bertz CT molecular complexity index is 897. The number of nitrogens with zero attached hydrogens (tertiary/aromatic N) is 1. The van der Waals surface area contributed by atoms with Crippen LogP contribution in [0.15, 0.2) is 30.3 Å². The van der Waals surface area contributed by atoms with Crippen LogP contribution in [0.2, 0.25) is 0 Å². The summed E-state index contributed by atoms with van der Waals surface area (Å²) < 4.78 is 5.58. The molecule has 2 aromatic rings. The molecule has 0 unspecified atom stereocenters. The Labute approximate surface area is 162 Å². The third kappa shape index (κ3) is 4.69. The summed E-state index contributed by atoms with van der Waals surface area (Å²) in [5.41, 5.74) is 1.20. The van der Waals surface area contributed by atoms with Crippen molar-refractivity contribution < 1.29 is 24.4 Å². The summed E-state index contributed by atoms with van der Waals surface area (Å²) in [5.74, 6) is -1.86. The van der Waals surface area contributed by atoms with Gasteiger partial charge in [0, 0.05) is 9.64 Å². The molecule has 136 valence electrons. The number of ether oxygens (including phenoxy) is 1. The maximum atomic E-state index is 12.0. The summed E-state index contributed by atoms with van der Waals surface area (Å²) in [7, 11) is 0. The van der Waals surface area contributed by atoms with E-state index in [2.05, 4.69) is 5.32 Å². The Hall–Kier alpha value is -2.69. The van der Waals surface area contributed by atoms with Crippen LogP contribution in [0.4, 0.5) is 11.4 Å². The van der Waals surface area contributed by atoms with Gasteiger partial charge < -0.3 is 15.2 Å². The van der Waals surface area contributed by atoms with Gasteiger partial charge in [-0.15, -0.1) is 0 Å². The van der Waals surface area contributed by atoms with E-state index < -0.39 is 23.4 Å². The number of nitro benzene ring substituents is 1. The number of nitro groups is 1. The van der Waals surface area contributed by atoms with E-state index in [0.717, 1.165) is 11.1 Å². The number of carbonyl (C=O) groups excluding carboxylic acids is 2. The van der Waals surface area contributed by atoms with E-state index in [0.29, 0.717) is 3.57 Å². The van der Waals surface area contributed by atoms with E-state index >= 15 is 0 Å². The van der Waals surface area contributed by atoms with E-state index in [-0.39, 0.29) is 22.7 Å². The number of esters is 1. The summed E-state index contributed by atoms with van der Waals surface area (Å²) in [5, 5.41) is 23.2. The highest BCUT2D eigenvalue weighted by molar-refractivity contribution is 14.1. The minimum atomic E-state index is -0.870. The molecule has 0 heterocycles. The molecule has 8 nitrogen and oxygen atoms in total. The number of anilines is 1. The third-order valence-electron chi connectivity index (χ3n) is 3.60. The molecule has 0 saturated heterocycles. The minimum absolute atomic E-state index is 0.0243. The predicted octanol–water partition coefficient (Wildman–Crippen LogP) is 3.32. The molecule has 9 heteroatoms. The second-order valence-electron chi connectivity index (χ2n) is 5.50. The quantitative estimate of drug-likeness (QED) is 0.300. The Balaban J connectivity index is 2.08. The topological polar surface area (TPSA) is 119 Å². The smallest absolute Gasteiger partial charge is 0.342 e. The SMILES string of the molecule is Cc1cc(NC(=O)COC(=O)c2cc(I)ccc2O)c([N+](=O)[O-])cc1C. The number of benzene rings is 2. The van der Waals surface area contributed by atoms with Crippen LogP contribution >= 0.6 is 22.6 Å². The van der Waals surface area contributed by atoms with Gasteiger partial charge in [-0.3, -0.25) is 14.9 Å². The number of carbonyl (C=O) groups is 2. The van der Waals surface area contributed by atoms with Crippen LogP contribution in [0, 0.1) is 27.5 Å². The van der Waals surface area contributed by atoms with E-state index in [1.54, 1.807) is 19.9 Å². The van der Waals surface area contributed by atoms with Gasteiger partial charge in [0.25, 0.3) is 11.6 Å². The first-order valence-electron chi connectivity index (χ1n) is 7.40. The first-order chi connectivity index (χ1) is 12.2. The maximum absolute atomic E-state index is 12.0. The lowest BCUT2D eigenvalue weighted by Crippen LogP contribution is -2.21. The number of aryl methyl sites for hydroxylation is 2. The maximum Gasteiger partial charge on any atom is 0.342 e. The molecule has 0 radical (unpaired) electrons. The van der Waals surface area contributed by atoms with E-state index in [4.69, 9.17) is 4.74 Å². The Morgan fingerprint density at radius 3 is 2.54 bits per heavy atom. The second kappa shape index (κ2) is 8.13. The van der Waals surface area contributed by atoms with Crippen molar-refractivity contribution in [3.63, 3.8) is 0 Å². The number of hydrogen-bond acceptors (Lipinski definition) is 6. The standard InChI is InChI=1S/C17H15IN2O6/c1-9-5-13(14(20(24)25)6-10(9)2)19-16(22)8-26-17(23)12-7-11(18)3-4-15(12)21/h3-7,21H,8H2,1-2H3,(H,19,22). The van der Waals surface area contributed by atoms with Gasteiger partial charge in [0.1, 0.15) is 17.0 Å². The number of aromatic hydroxyl groups is 1. The second-order valence-corrected chi connectivity index (χ2v) is 6.74. The van der Waals surface area contributed by atoms with Crippen molar-refractivity contribution >= 4 is 45.8 Å². The van der Waals surface area contributed by atoms with Crippen LogP contribution in [0.5, 0.6) is 5.75 Å². The normalized spacial score (nSPS) is 10.3. The van der Waals surface area contributed by atoms with Crippen molar-refractivity contribution in [2.45, 2.75) is 13.8 Å². The summed E-state index contributed by atoms with van der Waals surface area (Å²) in [6.07, 6.45) is 0. The molecule has 0 atom stereocenters. The van der Waals surface area contributed by atoms with Gasteiger partial charge >= 0.3 is 5.97 Å². The zero-order valence-electron chi connectivity index (χ0n) is 13.9. The monoisotopic (exact) mass is 470 g/mol. The van der Waals surface area contributed by atoms with Crippen molar-refractivity contribution in [2.75, 3.05) is 11.9 Å². The van der Waals surface area contributed by atoms with Crippen LogP contribution < -0.4 is 5.32 Å². The molecule has 0 fully saturated rings. The van der Waals surface area contributed by atoms with Gasteiger partial charge in [-0.2, -0.15) is 0 Å². The highest BCUT2D eigenvalue weighted by atomic mass is 127. The van der Waals surface area contributed by atoms with Crippen molar-refractivity contribution in [1.82, 2.24) is 0 Å². The van der Waals surface area contributed by atoms with Crippen molar-refractivity contribution in [3.8, 4) is 5.75 Å². The van der Waals surface area contributed by atoms with Crippen LogP contribution in [0.25, 0.3) is 0 Å². The molecular formula is C17H15IN2O6. The number of amides is 1. The van der Waals surface area contributed by atoms with Crippen LogP contribution in [-0.2, 0) is 9.53 Å². The van der Waals surface area contributed by atoms with E-state index in [1.807, 2.05) is 22.6 Å². The highest BCUT2D eigenvalue weighted by Crippen LogP contribution is 2.28. The lowest BCUT2D eigenvalue weighted by molar-refractivity contribution is -0.384. The van der Waals surface area contributed by atoms with Crippen LogP contribution in [0.3, 0.4) is 0 Å². The summed E-state index contributed by atoms with van der Waals surface area (Å²) >= 11 is 1.97. The van der Waals surface area contributed by atoms with Crippen molar-refractivity contribution in [3.05, 3.63) is 60.7 Å². The van der Waals surface area contributed by atoms with E-state index in [9.17, 15) is 24.8 Å². The first kappa shape index (κ1) is 19.6. The van der Waals surface area contributed by atoms with Gasteiger partial charge in [0.15, 0.2) is 6.61 Å². The number of phenolic OH excluding ortho intramolecular Hbond substituents is 1. The summed E-state index contributed by atoms with van der Waals surface area (Å²) in [4.78, 5) is 34.5. The zero-order valence-corrected chi connectivity index (χ0v) is 16.1. The molecule has 0 aliphatic heterocycles. The number of rotatable bonds is 5. The molecule has 0 spiro atoms. The Morgan fingerprint density at radius 1 is 1.23 bits per heavy atom. The fraction of sp³-hybridized carbons (Fsp3) is 0.176. The molecule has 0 aliphatic rings. The lowest BCUT2D eigenvalue weighted by Gasteiger charge is -2.10. The number of phenols is 1. The van der Waals surface area contributed by atoms with Gasteiger partial charge in [0.05, 0.1) is 4.92 Å². The van der Waals surface area contributed by atoms with Crippen molar-refractivity contribution in [1.29, 1.82) is 0 Å². The van der Waals surface area contributed by atoms with Crippen LogP contribution in [-0.4, -0.2) is 28.5 Å². The molecule has 2 aromatic carbocycles.